The van der Waals surface area contributed by atoms with Crippen LogP contribution >= 0.6 is 0 Å². The number of rotatable bonds is 4. The summed E-state index contributed by atoms with van der Waals surface area (Å²) in [6.07, 6.45) is -1.87. The number of carbonyl (C=O) groups excluding carboxylic acids is 2. The van der Waals surface area contributed by atoms with Crippen molar-refractivity contribution < 1.29 is 19.8 Å². The van der Waals surface area contributed by atoms with Gasteiger partial charge >= 0.3 is 6.03 Å². The van der Waals surface area contributed by atoms with Crippen LogP contribution in [-0.2, 0) is 6.54 Å². The number of urea groups is 1. The van der Waals surface area contributed by atoms with E-state index < -0.39 is 18.2 Å². The summed E-state index contributed by atoms with van der Waals surface area (Å²) in [6, 6.07) is 11.1. The Labute approximate surface area is 139 Å². The summed E-state index contributed by atoms with van der Waals surface area (Å²) in [5, 5.41) is 23.3. The number of imide groups is 1. The lowest BCUT2D eigenvalue weighted by Crippen LogP contribution is -2.39. The molecule has 0 saturated heterocycles. The highest BCUT2D eigenvalue weighted by Crippen LogP contribution is 2.21. The molecule has 2 rings (SSSR count). The second-order valence-electron chi connectivity index (χ2n) is 5.25. The van der Waals surface area contributed by atoms with Crippen LogP contribution in [0.2, 0.25) is 0 Å². The molecule has 6 N–H and O–H groups in total. The minimum absolute atomic E-state index is 0.0461. The molecule has 0 atom stereocenters. The van der Waals surface area contributed by atoms with Crippen LogP contribution in [0.25, 0.3) is 0 Å². The van der Waals surface area contributed by atoms with Crippen LogP contribution < -0.4 is 16.4 Å². The van der Waals surface area contributed by atoms with Crippen molar-refractivity contribution in [2.45, 2.75) is 19.8 Å². The summed E-state index contributed by atoms with van der Waals surface area (Å²) in [7, 11) is 0. The van der Waals surface area contributed by atoms with Crippen LogP contribution in [0.15, 0.2) is 42.5 Å². The lowest BCUT2D eigenvalue weighted by atomic mass is 10.0. The summed E-state index contributed by atoms with van der Waals surface area (Å²) in [6.45, 7) is 2.17. The molecule has 24 heavy (non-hydrogen) atoms. The zero-order chi connectivity index (χ0) is 17.7. The molecule has 0 aromatic heterocycles. The molecule has 0 radical (unpaired) electrons. The first-order chi connectivity index (χ1) is 11.4. The molecule has 7 nitrogen and oxygen atoms in total. The van der Waals surface area contributed by atoms with Gasteiger partial charge in [-0.05, 0) is 24.1 Å². The van der Waals surface area contributed by atoms with E-state index >= 15 is 0 Å². The standard InChI is InChI=1S/C17H19N3O4/c1-10-5-2-3-6-11(10)9-19-17(24)20-15(21)14-12(16(22)23)7-4-8-13(14)18/h2-8,16,22-23H,9,18H2,1H3,(H2,19,20,21,24). The van der Waals surface area contributed by atoms with Crippen molar-refractivity contribution in [2.75, 3.05) is 5.73 Å². The van der Waals surface area contributed by atoms with Gasteiger partial charge in [-0.1, -0.05) is 36.4 Å². The van der Waals surface area contributed by atoms with E-state index in [1.807, 2.05) is 31.2 Å². The van der Waals surface area contributed by atoms with Gasteiger partial charge < -0.3 is 21.3 Å². The number of aliphatic hydroxyl groups excluding tert-OH is 1. The number of benzene rings is 2. The number of nitrogens with one attached hydrogen (secondary N) is 2. The molecule has 126 valence electrons. The largest absolute Gasteiger partial charge is 0.398 e. The van der Waals surface area contributed by atoms with E-state index in [1.165, 1.54) is 18.2 Å². The number of carbonyl (C=O) groups is 2. The highest BCUT2D eigenvalue weighted by molar-refractivity contribution is 6.08. The maximum atomic E-state index is 12.2. The number of nitrogen functional groups attached to an aromatic ring is 1. The predicted molar refractivity (Wildman–Crippen MR) is 88.9 cm³/mol. The van der Waals surface area contributed by atoms with Crippen molar-refractivity contribution in [3.63, 3.8) is 0 Å². The topological polar surface area (TPSA) is 125 Å². The first-order valence-corrected chi connectivity index (χ1v) is 7.28. The highest BCUT2D eigenvalue weighted by atomic mass is 16.5. The van der Waals surface area contributed by atoms with E-state index in [9.17, 15) is 19.8 Å². The first-order valence-electron chi connectivity index (χ1n) is 7.28. The lowest BCUT2D eigenvalue weighted by Gasteiger charge is -2.14. The van der Waals surface area contributed by atoms with E-state index in [-0.39, 0.29) is 23.4 Å². The van der Waals surface area contributed by atoms with Crippen LogP contribution in [0.3, 0.4) is 0 Å². The van der Waals surface area contributed by atoms with Gasteiger partial charge in [-0.2, -0.15) is 0 Å². The molecule has 0 bridgehead atoms. The molecular weight excluding hydrogens is 310 g/mol. The summed E-state index contributed by atoms with van der Waals surface area (Å²) in [5.41, 5.74) is 7.48. The number of nitrogens with two attached hydrogens (primary N) is 1. The van der Waals surface area contributed by atoms with Gasteiger partial charge in [0, 0.05) is 17.8 Å². The zero-order valence-electron chi connectivity index (χ0n) is 13.1. The molecule has 7 heteroatoms. The molecule has 2 aromatic carbocycles. The number of aryl methyl sites for hydroxylation is 1. The molecule has 0 unspecified atom stereocenters. The predicted octanol–water partition coefficient (Wildman–Crippen LogP) is 1.20. The van der Waals surface area contributed by atoms with Crippen LogP contribution in [0.1, 0.15) is 33.3 Å². The third kappa shape index (κ3) is 4.09. The van der Waals surface area contributed by atoms with Crippen LogP contribution in [-0.4, -0.2) is 22.2 Å². The molecule has 0 aliphatic rings. The van der Waals surface area contributed by atoms with E-state index in [0.29, 0.717) is 0 Å². The molecule has 0 heterocycles. The first kappa shape index (κ1) is 17.5. The minimum Gasteiger partial charge on any atom is -0.398 e. The number of aliphatic hydroxyl groups is 2. The fourth-order valence-electron chi connectivity index (χ4n) is 2.26. The van der Waals surface area contributed by atoms with Gasteiger partial charge in [0.1, 0.15) is 0 Å². The van der Waals surface area contributed by atoms with Gasteiger partial charge in [0.2, 0.25) is 0 Å². The molecule has 2 aromatic rings. The van der Waals surface area contributed by atoms with Gasteiger partial charge in [0.25, 0.3) is 5.91 Å². The van der Waals surface area contributed by atoms with Gasteiger partial charge in [-0.3, -0.25) is 10.1 Å². The maximum absolute atomic E-state index is 12.2. The zero-order valence-corrected chi connectivity index (χ0v) is 13.1. The maximum Gasteiger partial charge on any atom is 0.321 e. The molecule has 0 saturated carbocycles. The number of hydrogen-bond donors (Lipinski definition) is 5. The van der Waals surface area contributed by atoms with Crippen LogP contribution in [0.5, 0.6) is 0 Å². The fourth-order valence-corrected chi connectivity index (χ4v) is 2.26. The Morgan fingerprint density at radius 2 is 1.83 bits per heavy atom. The van der Waals surface area contributed by atoms with Crippen LogP contribution in [0, 0.1) is 6.92 Å². The average molecular weight is 329 g/mol. The normalized spacial score (nSPS) is 10.5. The van der Waals surface area contributed by atoms with Gasteiger partial charge in [-0.25, -0.2) is 4.79 Å². The highest BCUT2D eigenvalue weighted by Gasteiger charge is 2.20. The molecule has 0 spiro atoms. The van der Waals surface area contributed by atoms with Gasteiger partial charge in [0.05, 0.1) is 5.56 Å². The van der Waals surface area contributed by atoms with E-state index in [4.69, 9.17) is 5.73 Å². The van der Waals surface area contributed by atoms with E-state index in [0.717, 1.165) is 11.1 Å². The summed E-state index contributed by atoms with van der Waals surface area (Å²) in [5.74, 6) is -0.807. The Bertz CT molecular complexity index is 759. The van der Waals surface area contributed by atoms with Crippen molar-refractivity contribution in [3.8, 4) is 0 Å². The molecular formula is C17H19N3O4. The molecule has 3 amide bonds. The lowest BCUT2D eigenvalue weighted by molar-refractivity contribution is -0.0429. The average Bonchev–Trinajstić information content (AvgIpc) is 2.53. The van der Waals surface area contributed by atoms with Crippen molar-refractivity contribution >= 4 is 17.6 Å². The fraction of sp³-hybridized carbons (Fsp3) is 0.176. The monoisotopic (exact) mass is 329 g/mol. The number of amides is 3. The number of anilines is 1. The second-order valence-corrected chi connectivity index (χ2v) is 5.25. The second kappa shape index (κ2) is 7.58. The Morgan fingerprint density at radius 3 is 2.50 bits per heavy atom. The van der Waals surface area contributed by atoms with E-state index in [1.54, 1.807) is 0 Å². The SMILES string of the molecule is Cc1ccccc1CNC(=O)NC(=O)c1c(N)cccc1C(O)O. The number of hydrogen-bond acceptors (Lipinski definition) is 5. The molecule has 0 fully saturated rings. The van der Waals surface area contributed by atoms with Crippen molar-refractivity contribution in [1.82, 2.24) is 10.6 Å². The smallest absolute Gasteiger partial charge is 0.321 e. The third-order valence-electron chi connectivity index (χ3n) is 3.56. The quantitative estimate of drug-likeness (QED) is 0.426. The Balaban J connectivity index is 2.05. The van der Waals surface area contributed by atoms with Crippen LogP contribution in [0.4, 0.5) is 10.5 Å². The van der Waals surface area contributed by atoms with Gasteiger partial charge in [-0.15, -0.1) is 0 Å². The summed E-state index contributed by atoms with van der Waals surface area (Å²) < 4.78 is 0. The molecule has 0 aliphatic heterocycles. The Morgan fingerprint density at radius 1 is 1.12 bits per heavy atom. The van der Waals surface area contributed by atoms with Crippen molar-refractivity contribution in [2.24, 2.45) is 0 Å². The Kier molecular flexibility index (Phi) is 5.51. The van der Waals surface area contributed by atoms with Crippen molar-refractivity contribution in [3.05, 3.63) is 64.7 Å². The van der Waals surface area contributed by atoms with Gasteiger partial charge in [0.15, 0.2) is 6.29 Å². The Hall–Kier alpha value is -2.90. The third-order valence-corrected chi connectivity index (χ3v) is 3.56. The van der Waals surface area contributed by atoms with Crippen molar-refractivity contribution in [1.29, 1.82) is 0 Å². The summed E-state index contributed by atoms with van der Waals surface area (Å²) >= 11 is 0. The van der Waals surface area contributed by atoms with E-state index in [2.05, 4.69) is 10.6 Å². The molecule has 0 aliphatic carbocycles. The minimum atomic E-state index is -1.87. The summed E-state index contributed by atoms with van der Waals surface area (Å²) in [4.78, 5) is 24.1.